The standard InChI is InChI=1S/C19H24ClN5O2/c20-16-5-3-14(4-6-16)18-22-17(27-23-18)13-24-8-10-25(11-9-24)19(26)15-2-1-7-21-12-15/h3-6,15,21H,1-2,7-13H2. The Labute approximate surface area is 163 Å². The summed E-state index contributed by atoms with van der Waals surface area (Å²) in [5, 5.41) is 8.06. The van der Waals surface area contributed by atoms with Crippen molar-refractivity contribution in [1.29, 1.82) is 0 Å². The topological polar surface area (TPSA) is 74.5 Å². The quantitative estimate of drug-likeness (QED) is 0.862. The van der Waals surface area contributed by atoms with Gasteiger partial charge in [0, 0.05) is 43.3 Å². The molecule has 7 nitrogen and oxygen atoms in total. The van der Waals surface area contributed by atoms with Gasteiger partial charge < -0.3 is 14.7 Å². The molecule has 2 aromatic rings. The lowest BCUT2D eigenvalue weighted by Gasteiger charge is -2.36. The average Bonchev–Trinajstić information content (AvgIpc) is 3.18. The molecule has 0 radical (unpaired) electrons. The van der Waals surface area contributed by atoms with E-state index in [1.165, 1.54) is 0 Å². The molecule has 3 heterocycles. The van der Waals surface area contributed by atoms with E-state index in [1.54, 1.807) is 0 Å². The number of benzene rings is 1. The lowest BCUT2D eigenvalue weighted by Crippen LogP contribution is -2.51. The third kappa shape index (κ3) is 4.48. The minimum absolute atomic E-state index is 0.142. The zero-order chi connectivity index (χ0) is 18.6. The first-order valence-corrected chi connectivity index (χ1v) is 9.87. The van der Waals surface area contributed by atoms with Crippen molar-refractivity contribution in [1.82, 2.24) is 25.3 Å². The zero-order valence-corrected chi connectivity index (χ0v) is 16.0. The number of amides is 1. The average molecular weight is 390 g/mol. The smallest absolute Gasteiger partial charge is 0.241 e. The van der Waals surface area contributed by atoms with E-state index in [2.05, 4.69) is 20.4 Å². The fraction of sp³-hybridized carbons (Fsp3) is 0.526. The second-order valence-electron chi connectivity index (χ2n) is 7.16. The van der Waals surface area contributed by atoms with Gasteiger partial charge in [0.2, 0.25) is 17.6 Å². The van der Waals surface area contributed by atoms with E-state index in [1.807, 2.05) is 29.2 Å². The van der Waals surface area contributed by atoms with Crippen molar-refractivity contribution >= 4 is 17.5 Å². The van der Waals surface area contributed by atoms with Gasteiger partial charge in [-0.3, -0.25) is 9.69 Å². The van der Waals surface area contributed by atoms with E-state index in [0.29, 0.717) is 29.2 Å². The molecule has 4 rings (SSSR count). The van der Waals surface area contributed by atoms with Crippen LogP contribution in [0.4, 0.5) is 0 Å². The first kappa shape index (κ1) is 18.4. The van der Waals surface area contributed by atoms with Crippen molar-refractivity contribution in [3.05, 3.63) is 35.2 Å². The Morgan fingerprint density at radius 1 is 1.22 bits per heavy atom. The number of piperazine rings is 1. The molecule has 0 bridgehead atoms. The van der Waals surface area contributed by atoms with Crippen LogP contribution in [0, 0.1) is 5.92 Å². The normalized spacial score (nSPS) is 21.4. The van der Waals surface area contributed by atoms with Gasteiger partial charge >= 0.3 is 0 Å². The minimum atomic E-state index is 0.142. The molecule has 1 aromatic carbocycles. The SMILES string of the molecule is O=C(C1CCCNC1)N1CCN(Cc2nc(-c3ccc(Cl)cc3)no2)CC1. The Morgan fingerprint density at radius 3 is 2.70 bits per heavy atom. The number of rotatable bonds is 4. The van der Waals surface area contributed by atoms with E-state index in [0.717, 1.165) is 57.7 Å². The molecule has 27 heavy (non-hydrogen) atoms. The number of nitrogens with one attached hydrogen (secondary N) is 1. The van der Waals surface area contributed by atoms with E-state index in [-0.39, 0.29) is 5.92 Å². The van der Waals surface area contributed by atoms with Gasteiger partial charge in [0.1, 0.15) is 0 Å². The molecule has 2 saturated heterocycles. The number of piperidine rings is 1. The van der Waals surface area contributed by atoms with E-state index in [9.17, 15) is 4.79 Å². The van der Waals surface area contributed by atoms with Crippen molar-refractivity contribution in [2.24, 2.45) is 5.92 Å². The van der Waals surface area contributed by atoms with Gasteiger partial charge in [-0.2, -0.15) is 4.98 Å². The zero-order valence-electron chi connectivity index (χ0n) is 15.2. The molecule has 144 valence electrons. The molecule has 1 aromatic heterocycles. The van der Waals surface area contributed by atoms with E-state index >= 15 is 0 Å². The highest BCUT2D eigenvalue weighted by atomic mass is 35.5. The molecule has 8 heteroatoms. The van der Waals surface area contributed by atoms with Crippen LogP contribution in [0.3, 0.4) is 0 Å². The summed E-state index contributed by atoms with van der Waals surface area (Å²) in [6.07, 6.45) is 2.09. The molecule has 1 N–H and O–H groups in total. The van der Waals surface area contributed by atoms with Crippen molar-refractivity contribution in [3.8, 4) is 11.4 Å². The Kier molecular flexibility index (Phi) is 5.71. The molecule has 1 atom stereocenters. The molecular weight excluding hydrogens is 366 g/mol. The maximum absolute atomic E-state index is 12.6. The van der Waals surface area contributed by atoms with Crippen LogP contribution in [0.5, 0.6) is 0 Å². The molecule has 2 aliphatic heterocycles. The number of aromatic nitrogens is 2. The maximum Gasteiger partial charge on any atom is 0.241 e. The third-order valence-corrected chi connectivity index (χ3v) is 5.51. The maximum atomic E-state index is 12.6. The number of halogens is 1. The van der Waals surface area contributed by atoms with Crippen LogP contribution in [0.1, 0.15) is 18.7 Å². The summed E-state index contributed by atoms with van der Waals surface area (Å²) < 4.78 is 5.40. The molecule has 2 fully saturated rings. The van der Waals surface area contributed by atoms with Crippen LogP contribution in [0.15, 0.2) is 28.8 Å². The molecule has 0 spiro atoms. The van der Waals surface area contributed by atoms with Crippen molar-refractivity contribution in [2.75, 3.05) is 39.3 Å². The van der Waals surface area contributed by atoms with Crippen LogP contribution < -0.4 is 5.32 Å². The van der Waals surface area contributed by atoms with Gasteiger partial charge in [-0.05, 0) is 43.7 Å². The number of carbonyl (C=O) groups excluding carboxylic acids is 1. The molecule has 2 aliphatic rings. The Balaban J connectivity index is 1.29. The van der Waals surface area contributed by atoms with Crippen molar-refractivity contribution in [3.63, 3.8) is 0 Å². The summed E-state index contributed by atoms with van der Waals surface area (Å²) in [7, 11) is 0. The third-order valence-electron chi connectivity index (χ3n) is 5.26. The van der Waals surface area contributed by atoms with E-state index < -0.39 is 0 Å². The number of hydrogen-bond donors (Lipinski definition) is 1. The second-order valence-corrected chi connectivity index (χ2v) is 7.60. The lowest BCUT2D eigenvalue weighted by atomic mass is 9.98. The van der Waals surface area contributed by atoms with Gasteiger partial charge in [0.25, 0.3) is 0 Å². The molecule has 1 unspecified atom stereocenters. The summed E-state index contributed by atoms with van der Waals surface area (Å²) in [4.78, 5) is 21.4. The predicted molar refractivity (Wildman–Crippen MR) is 102 cm³/mol. The van der Waals surface area contributed by atoms with Crippen molar-refractivity contribution in [2.45, 2.75) is 19.4 Å². The number of nitrogens with zero attached hydrogens (tertiary/aromatic N) is 4. The lowest BCUT2D eigenvalue weighted by molar-refractivity contribution is -0.138. The molecule has 0 saturated carbocycles. The van der Waals surface area contributed by atoms with Crippen LogP contribution in [0.25, 0.3) is 11.4 Å². The van der Waals surface area contributed by atoms with Crippen LogP contribution >= 0.6 is 11.6 Å². The van der Waals surface area contributed by atoms with Gasteiger partial charge in [-0.25, -0.2) is 0 Å². The van der Waals surface area contributed by atoms with Crippen molar-refractivity contribution < 1.29 is 9.32 Å². The molecule has 0 aliphatic carbocycles. The first-order valence-electron chi connectivity index (χ1n) is 9.49. The summed E-state index contributed by atoms with van der Waals surface area (Å²) >= 11 is 5.91. The summed E-state index contributed by atoms with van der Waals surface area (Å²) in [6, 6.07) is 7.37. The fourth-order valence-corrected chi connectivity index (χ4v) is 3.80. The largest absolute Gasteiger partial charge is 0.340 e. The highest BCUT2D eigenvalue weighted by Crippen LogP contribution is 2.20. The monoisotopic (exact) mass is 389 g/mol. The van der Waals surface area contributed by atoms with Gasteiger partial charge in [-0.15, -0.1) is 0 Å². The first-order chi connectivity index (χ1) is 13.2. The van der Waals surface area contributed by atoms with Crippen LogP contribution in [-0.2, 0) is 11.3 Å². The van der Waals surface area contributed by atoms with Gasteiger partial charge in [0.05, 0.1) is 12.5 Å². The predicted octanol–water partition coefficient (Wildman–Crippen LogP) is 2.03. The summed E-state index contributed by atoms with van der Waals surface area (Å²) in [5.74, 6) is 1.60. The second kappa shape index (κ2) is 8.37. The molecular formula is C19H24ClN5O2. The Bertz CT molecular complexity index is 765. The van der Waals surface area contributed by atoms with Crippen LogP contribution in [-0.4, -0.2) is 65.1 Å². The highest BCUT2D eigenvalue weighted by molar-refractivity contribution is 6.30. The summed E-state index contributed by atoms with van der Waals surface area (Å²) in [6.45, 7) is 5.61. The Morgan fingerprint density at radius 2 is 2.00 bits per heavy atom. The van der Waals surface area contributed by atoms with Gasteiger partial charge in [-0.1, -0.05) is 16.8 Å². The number of carbonyl (C=O) groups is 1. The van der Waals surface area contributed by atoms with E-state index in [4.69, 9.17) is 16.1 Å². The Hall–Kier alpha value is -1.96. The highest BCUT2D eigenvalue weighted by Gasteiger charge is 2.28. The number of hydrogen-bond acceptors (Lipinski definition) is 6. The van der Waals surface area contributed by atoms with Gasteiger partial charge in [0.15, 0.2) is 0 Å². The minimum Gasteiger partial charge on any atom is -0.340 e. The van der Waals surface area contributed by atoms with Crippen LogP contribution in [0.2, 0.25) is 5.02 Å². The fourth-order valence-electron chi connectivity index (χ4n) is 3.67. The molecule has 1 amide bonds. The summed E-state index contributed by atoms with van der Waals surface area (Å²) in [5.41, 5.74) is 0.880.